The van der Waals surface area contributed by atoms with E-state index in [0.717, 1.165) is 13.1 Å². The molecule has 0 aromatic rings. The maximum Gasteiger partial charge on any atom is 0.306 e. The third-order valence-electron chi connectivity index (χ3n) is 4.00. The van der Waals surface area contributed by atoms with Crippen LogP contribution in [0.3, 0.4) is 0 Å². The van der Waals surface area contributed by atoms with Crippen molar-refractivity contribution < 1.29 is 14.7 Å². The number of likely N-dealkylation sites (tertiary alicyclic amines) is 1. The van der Waals surface area contributed by atoms with E-state index >= 15 is 0 Å². The predicted molar refractivity (Wildman–Crippen MR) is 77.6 cm³/mol. The molecule has 0 aromatic heterocycles. The first-order valence-corrected chi connectivity index (χ1v) is 7.33. The van der Waals surface area contributed by atoms with Crippen molar-refractivity contribution in [2.75, 3.05) is 39.8 Å². The van der Waals surface area contributed by atoms with E-state index in [9.17, 15) is 9.59 Å². The molecule has 2 N–H and O–H groups in total. The van der Waals surface area contributed by atoms with Crippen LogP contribution in [-0.4, -0.2) is 72.6 Å². The Morgan fingerprint density at radius 1 is 1.35 bits per heavy atom. The van der Waals surface area contributed by atoms with Gasteiger partial charge in [0.15, 0.2) is 0 Å². The van der Waals surface area contributed by atoms with Crippen LogP contribution in [0.25, 0.3) is 0 Å². The number of likely N-dealkylation sites (N-methyl/N-ethyl adjacent to an activating group) is 1. The Morgan fingerprint density at radius 3 is 2.45 bits per heavy atom. The van der Waals surface area contributed by atoms with Crippen molar-refractivity contribution in [1.29, 1.82) is 0 Å². The summed E-state index contributed by atoms with van der Waals surface area (Å²) >= 11 is 0. The second kappa shape index (κ2) is 8.21. The highest BCUT2D eigenvalue weighted by atomic mass is 16.4. The normalized spacial score (nSPS) is 16.9. The molecule has 1 aliphatic rings. The van der Waals surface area contributed by atoms with Crippen LogP contribution in [-0.2, 0) is 9.59 Å². The molecule has 1 saturated heterocycles. The number of carbonyl (C=O) groups excluding carboxylic acids is 1. The molecule has 0 unspecified atom stereocenters. The van der Waals surface area contributed by atoms with E-state index in [1.54, 1.807) is 4.90 Å². The minimum atomic E-state index is -0.744. The third-order valence-corrected chi connectivity index (χ3v) is 4.00. The molecule has 0 atom stereocenters. The lowest BCUT2D eigenvalue weighted by Crippen LogP contribution is -2.45. The molecule has 0 bridgehead atoms. The second-order valence-corrected chi connectivity index (χ2v) is 5.74. The van der Waals surface area contributed by atoms with Crippen molar-refractivity contribution in [1.82, 2.24) is 15.1 Å². The molecule has 0 radical (unpaired) electrons. The van der Waals surface area contributed by atoms with Crippen molar-refractivity contribution in [3.63, 3.8) is 0 Å². The largest absolute Gasteiger partial charge is 0.481 e. The Kier molecular flexibility index (Phi) is 6.95. The van der Waals surface area contributed by atoms with Gasteiger partial charge in [-0.15, -0.1) is 0 Å². The average molecular weight is 285 g/mol. The molecule has 0 spiro atoms. The predicted octanol–water partition coefficient (Wildman–Crippen LogP) is 0.239. The smallest absolute Gasteiger partial charge is 0.306 e. The molecule has 1 rings (SSSR count). The number of nitrogens with zero attached hydrogens (tertiary/aromatic N) is 2. The number of rotatable bonds is 7. The van der Waals surface area contributed by atoms with E-state index in [4.69, 9.17) is 5.11 Å². The first-order valence-electron chi connectivity index (χ1n) is 7.33. The highest BCUT2D eigenvalue weighted by Gasteiger charge is 2.26. The van der Waals surface area contributed by atoms with Crippen LogP contribution >= 0.6 is 0 Å². The minimum absolute atomic E-state index is 0.0704. The van der Waals surface area contributed by atoms with E-state index in [2.05, 4.69) is 31.1 Å². The van der Waals surface area contributed by atoms with Crippen molar-refractivity contribution in [2.45, 2.75) is 32.7 Å². The molecule has 0 saturated carbocycles. The summed E-state index contributed by atoms with van der Waals surface area (Å²) < 4.78 is 0. The zero-order chi connectivity index (χ0) is 15.1. The van der Waals surface area contributed by atoms with Gasteiger partial charge in [0.1, 0.15) is 0 Å². The van der Waals surface area contributed by atoms with Crippen molar-refractivity contribution >= 4 is 11.9 Å². The number of hydrogen-bond acceptors (Lipinski definition) is 4. The van der Waals surface area contributed by atoms with Crippen molar-refractivity contribution in [2.24, 2.45) is 5.92 Å². The van der Waals surface area contributed by atoms with Gasteiger partial charge in [-0.2, -0.15) is 0 Å². The van der Waals surface area contributed by atoms with Crippen molar-refractivity contribution in [3.05, 3.63) is 0 Å². The first-order chi connectivity index (χ1) is 9.41. The SMILES string of the molecule is CC(C)N(C)CCNCC(=O)N1CCC(C(=O)O)CC1. The number of carbonyl (C=O) groups is 2. The Bertz CT molecular complexity index is 326. The summed E-state index contributed by atoms with van der Waals surface area (Å²) in [7, 11) is 2.06. The van der Waals surface area contributed by atoms with Gasteiger partial charge >= 0.3 is 5.97 Å². The fourth-order valence-corrected chi connectivity index (χ4v) is 2.20. The fraction of sp³-hybridized carbons (Fsp3) is 0.857. The lowest BCUT2D eigenvalue weighted by Gasteiger charge is -2.30. The van der Waals surface area contributed by atoms with Gasteiger partial charge < -0.3 is 20.2 Å². The fourth-order valence-electron chi connectivity index (χ4n) is 2.20. The summed E-state index contributed by atoms with van der Waals surface area (Å²) in [6.07, 6.45) is 1.13. The maximum atomic E-state index is 12.0. The molecular weight excluding hydrogens is 258 g/mol. The lowest BCUT2D eigenvalue weighted by atomic mass is 9.97. The number of amides is 1. The van der Waals surface area contributed by atoms with Gasteiger partial charge in [-0.3, -0.25) is 9.59 Å². The summed E-state index contributed by atoms with van der Waals surface area (Å²) in [5.74, 6) is -0.959. The molecular formula is C14H27N3O3. The van der Waals surface area contributed by atoms with Crippen LogP contribution in [0, 0.1) is 5.92 Å². The van der Waals surface area contributed by atoms with Crippen LogP contribution in [0.2, 0.25) is 0 Å². The number of aliphatic carboxylic acids is 1. The molecule has 0 aliphatic carbocycles. The van der Waals surface area contributed by atoms with Crippen LogP contribution < -0.4 is 5.32 Å². The third kappa shape index (κ3) is 5.46. The number of piperidine rings is 1. The molecule has 20 heavy (non-hydrogen) atoms. The summed E-state index contributed by atoms with van der Waals surface area (Å²) in [6, 6.07) is 0.502. The molecule has 6 nitrogen and oxygen atoms in total. The van der Waals surface area contributed by atoms with Gasteiger partial charge in [0, 0.05) is 32.2 Å². The molecule has 1 amide bonds. The van der Waals surface area contributed by atoms with Gasteiger partial charge in [-0.25, -0.2) is 0 Å². The number of nitrogens with one attached hydrogen (secondary N) is 1. The van der Waals surface area contributed by atoms with E-state index in [1.165, 1.54) is 0 Å². The Balaban J connectivity index is 2.16. The number of carboxylic acid groups (broad SMARTS) is 1. The van der Waals surface area contributed by atoms with Crippen LogP contribution in [0.5, 0.6) is 0 Å². The van der Waals surface area contributed by atoms with Crippen LogP contribution in [0.15, 0.2) is 0 Å². The quantitative estimate of drug-likeness (QED) is 0.656. The van der Waals surface area contributed by atoms with Gasteiger partial charge in [-0.1, -0.05) is 0 Å². The molecule has 0 aromatic carbocycles. The number of hydrogen-bond donors (Lipinski definition) is 2. The molecule has 1 aliphatic heterocycles. The lowest BCUT2D eigenvalue weighted by molar-refractivity contribution is -0.145. The molecule has 6 heteroatoms. The molecule has 1 fully saturated rings. The molecule has 1 heterocycles. The topological polar surface area (TPSA) is 72.9 Å². The monoisotopic (exact) mass is 285 g/mol. The molecule has 116 valence electrons. The maximum absolute atomic E-state index is 12.0. The highest BCUT2D eigenvalue weighted by Crippen LogP contribution is 2.16. The van der Waals surface area contributed by atoms with E-state index < -0.39 is 5.97 Å². The van der Waals surface area contributed by atoms with Gasteiger partial charge in [0.25, 0.3) is 0 Å². The second-order valence-electron chi connectivity index (χ2n) is 5.74. The Hall–Kier alpha value is -1.14. The first kappa shape index (κ1) is 16.9. The Labute approximate surface area is 121 Å². The standard InChI is InChI=1S/C14H27N3O3/c1-11(2)16(3)9-6-15-10-13(18)17-7-4-12(5-8-17)14(19)20/h11-12,15H,4-10H2,1-3H3,(H,19,20). The van der Waals surface area contributed by atoms with E-state index in [1.807, 2.05) is 0 Å². The van der Waals surface area contributed by atoms with Crippen molar-refractivity contribution in [3.8, 4) is 0 Å². The summed E-state index contributed by atoms with van der Waals surface area (Å²) in [6.45, 7) is 7.42. The Morgan fingerprint density at radius 2 is 1.95 bits per heavy atom. The van der Waals surface area contributed by atoms with Crippen LogP contribution in [0.4, 0.5) is 0 Å². The average Bonchev–Trinajstić information content (AvgIpc) is 2.43. The highest BCUT2D eigenvalue weighted by molar-refractivity contribution is 5.78. The zero-order valence-electron chi connectivity index (χ0n) is 12.8. The number of carboxylic acids is 1. The zero-order valence-corrected chi connectivity index (χ0v) is 12.8. The summed E-state index contributed by atoms with van der Waals surface area (Å²) in [5, 5.41) is 12.1. The summed E-state index contributed by atoms with van der Waals surface area (Å²) in [5.41, 5.74) is 0. The summed E-state index contributed by atoms with van der Waals surface area (Å²) in [4.78, 5) is 26.8. The van der Waals surface area contributed by atoms with E-state index in [0.29, 0.717) is 38.5 Å². The van der Waals surface area contributed by atoms with Crippen LogP contribution in [0.1, 0.15) is 26.7 Å². The minimum Gasteiger partial charge on any atom is -0.481 e. The van der Waals surface area contributed by atoms with E-state index in [-0.39, 0.29) is 11.8 Å². The van der Waals surface area contributed by atoms with Gasteiger partial charge in [0.05, 0.1) is 12.5 Å². The van der Waals surface area contributed by atoms with Gasteiger partial charge in [0.2, 0.25) is 5.91 Å². The van der Waals surface area contributed by atoms with Gasteiger partial charge in [-0.05, 0) is 33.7 Å².